The first kappa shape index (κ1) is 21.6. The molecule has 10 heteroatoms. The number of ether oxygens (including phenoxy) is 2. The Morgan fingerprint density at radius 2 is 2.10 bits per heavy atom. The van der Waals surface area contributed by atoms with Crippen LogP contribution in [0.2, 0.25) is 5.02 Å². The van der Waals surface area contributed by atoms with Gasteiger partial charge in [-0.05, 0) is 71.8 Å². The fourth-order valence-electron chi connectivity index (χ4n) is 2.65. The quantitative estimate of drug-likeness (QED) is 0.398. The minimum Gasteiger partial charge on any atom is -0.490 e. The molecule has 0 radical (unpaired) electrons. The van der Waals surface area contributed by atoms with Gasteiger partial charge in [-0.2, -0.15) is 5.10 Å². The molecule has 3 rings (SSSR count). The Balaban J connectivity index is 1.79. The van der Waals surface area contributed by atoms with E-state index in [0.29, 0.717) is 40.0 Å². The molecule has 0 aliphatic rings. The fourth-order valence-corrected chi connectivity index (χ4v) is 3.72. The van der Waals surface area contributed by atoms with Gasteiger partial charge in [-0.15, -0.1) is 0 Å². The number of hydrogen-bond acceptors (Lipinski definition) is 5. The van der Waals surface area contributed by atoms with Gasteiger partial charge in [0.2, 0.25) is 4.77 Å². The Morgan fingerprint density at radius 1 is 1.31 bits per heavy atom. The van der Waals surface area contributed by atoms with E-state index in [1.807, 2.05) is 26.0 Å². The Bertz CT molecular complexity index is 1070. The van der Waals surface area contributed by atoms with Crippen LogP contribution < -0.4 is 14.9 Å². The molecule has 0 spiro atoms. The van der Waals surface area contributed by atoms with Gasteiger partial charge >= 0.3 is 0 Å². The van der Waals surface area contributed by atoms with E-state index in [1.54, 1.807) is 10.7 Å². The maximum absolute atomic E-state index is 13.2. The first-order valence-corrected chi connectivity index (χ1v) is 10.4. The Morgan fingerprint density at radius 3 is 2.76 bits per heavy atom. The number of nitrogens with zero attached hydrogens (tertiary/aromatic N) is 2. The van der Waals surface area contributed by atoms with Crippen LogP contribution in [0.4, 0.5) is 4.39 Å². The van der Waals surface area contributed by atoms with Crippen LogP contribution in [0, 0.1) is 17.5 Å². The summed E-state index contributed by atoms with van der Waals surface area (Å²) >= 11 is 14.8. The third kappa shape index (κ3) is 5.29. The average Bonchev–Trinajstić information content (AvgIpc) is 2.99. The number of benzene rings is 2. The van der Waals surface area contributed by atoms with E-state index >= 15 is 0 Å². The normalized spacial score (nSPS) is 10.8. The van der Waals surface area contributed by atoms with Crippen molar-refractivity contribution < 1.29 is 13.9 Å². The molecule has 0 atom stereocenters. The van der Waals surface area contributed by atoms with Crippen LogP contribution in [-0.2, 0) is 13.2 Å². The van der Waals surface area contributed by atoms with Gasteiger partial charge in [-0.25, -0.2) is 9.07 Å². The second kappa shape index (κ2) is 9.60. The molecule has 1 heterocycles. The number of halogens is 3. The largest absolute Gasteiger partial charge is 0.490 e. The van der Waals surface area contributed by atoms with Crippen molar-refractivity contribution in [1.82, 2.24) is 14.9 Å². The van der Waals surface area contributed by atoms with E-state index in [1.165, 1.54) is 12.1 Å². The Kier molecular flexibility index (Phi) is 7.15. The van der Waals surface area contributed by atoms with Crippen molar-refractivity contribution in [2.45, 2.75) is 27.0 Å². The van der Waals surface area contributed by atoms with Crippen LogP contribution in [-0.4, -0.2) is 21.5 Å². The fraction of sp³-hybridized carbons (Fsp3) is 0.263. The summed E-state index contributed by atoms with van der Waals surface area (Å²) in [6.45, 7) is 4.89. The van der Waals surface area contributed by atoms with Gasteiger partial charge in [0, 0.05) is 5.56 Å². The van der Waals surface area contributed by atoms with Gasteiger partial charge in [-0.1, -0.05) is 17.7 Å². The molecular weight excluding hydrogens is 483 g/mol. The van der Waals surface area contributed by atoms with Crippen molar-refractivity contribution in [3.05, 3.63) is 67.4 Å². The molecule has 0 unspecified atom stereocenters. The SMILES string of the molecule is CCOc1cc(CNn2c(C)n[nH]c2=S)cc(Br)c1OCc1ccc(F)cc1Cl. The zero-order valence-corrected chi connectivity index (χ0v) is 18.9. The standard InChI is InChI=1S/C19H19BrClFN4O2S/c1-3-27-17-7-12(9-23-26-11(2)24-25-19(26)29)6-15(20)18(17)28-10-13-4-5-14(22)8-16(13)21/h4-8,23H,3,9-10H2,1-2H3,(H,25,29). The van der Waals surface area contributed by atoms with Crippen molar-refractivity contribution in [3.8, 4) is 11.5 Å². The lowest BCUT2D eigenvalue weighted by atomic mass is 10.2. The smallest absolute Gasteiger partial charge is 0.214 e. The third-order valence-electron chi connectivity index (χ3n) is 4.04. The van der Waals surface area contributed by atoms with Crippen LogP contribution >= 0.6 is 39.7 Å². The molecule has 0 bridgehead atoms. The zero-order valence-electron chi connectivity index (χ0n) is 15.8. The van der Waals surface area contributed by atoms with Crippen LogP contribution in [0.1, 0.15) is 23.9 Å². The molecule has 154 valence electrons. The number of aromatic nitrogens is 3. The van der Waals surface area contributed by atoms with Gasteiger partial charge in [0.05, 0.1) is 22.6 Å². The Labute approximate surface area is 186 Å². The van der Waals surface area contributed by atoms with Gasteiger partial charge in [0.25, 0.3) is 0 Å². The van der Waals surface area contributed by atoms with E-state index in [-0.39, 0.29) is 12.4 Å². The molecule has 0 fully saturated rings. The molecular formula is C19H19BrClFN4O2S. The first-order chi connectivity index (χ1) is 13.9. The van der Waals surface area contributed by atoms with Gasteiger partial charge in [0.15, 0.2) is 11.5 Å². The van der Waals surface area contributed by atoms with Crippen molar-refractivity contribution in [3.63, 3.8) is 0 Å². The number of H-pyrrole nitrogens is 1. The highest BCUT2D eigenvalue weighted by Crippen LogP contribution is 2.38. The third-order valence-corrected chi connectivity index (χ3v) is 5.25. The van der Waals surface area contributed by atoms with Gasteiger partial charge in [0.1, 0.15) is 18.2 Å². The number of hydrogen-bond donors (Lipinski definition) is 2. The number of aryl methyl sites for hydroxylation is 1. The number of nitrogens with one attached hydrogen (secondary N) is 2. The summed E-state index contributed by atoms with van der Waals surface area (Å²) in [6, 6.07) is 8.02. The second-order valence-corrected chi connectivity index (χ2v) is 7.76. The molecule has 1 aromatic heterocycles. The van der Waals surface area contributed by atoms with E-state index in [0.717, 1.165) is 15.9 Å². The molecule has 3 aromatic rings. The topological polar surface area (TPSA) is 64.1 Å². The lowest BCUT2D eigenvalue weighted by Gasteiger charge is -2.17. The van der Waals surface area contributed by atoms with Crippen molar-refractivity contribution in [2.24, 2.45) is 0 Å². The minimum absolute atomic E-state index is 0.179. The number of rotatable bonds is 8. The summed E-state index contributed by atoms with van der Waals surface area (Å²) in [5.41, 5.74) is 4.85. The summed E-state index contributed by atoms with van der Waals surface area (Å²) in [6.07, 6.45) is 0. The monoisotopic (exact) mass is 500 g/mol. The van der Waals surface area contributed by atoms with Crippen LogP contribution in [0.15, 0.2) is 34.8 Å². The minimum atomic E-state index is -0.389. The molecule has 0 aliphatic heterocycles. The summed E-state index contributed by atoms with van der Waals surface area (Å²) in [4.78, 5) is 0. The molecule has 0 amide bonds. The average molecular weight is 502 g/mol. The van der Waals surface area contributed by atoms with E-state index < -0.39 is 0 Å². The number of aromatic amines is 1. The maximum Gasteiger partial charge on any atom is 0.214 e. The maximum atomic E-state index is 13.2. The predicted octanol–water partition coefficient (Wildman–Crippen LogP) is 5.53. The lowest BCUT2D eigenvalue weighted by molar-refractivity contribution is 0.267. The van der Waals surface area contributed by atoms with Crippen LogP contribution in [0.25, 0.3) is 0 Å². The summed E-state index contributed by atoms with van der Waals surface area (Å²) in [7, 11) is 0. The molecule has 0 saturated carbocycles. The molecule has 6 nitrogen and oxygen atoms in total. The van der Waals surface area contributed by atoms with E-state index in [9.17, 15) is 4.39 Å². The zero-order chi connectivity index (χ0) is 21.0. The van der Waals surface area contributed by atoms with Gasteiger partial charge < -0.3 is 14.9 Å². The highest BCUT2D eigenvalue weighted by molar-refractivity contribution is 9.10. The highest BCUT2D eigenvalue weighted by Gasteiger charge is 2.14. The summed E-state index contributed by atoms with van der Waals surface area (Å²) < 4.78 is 27.8. The molecule has 2 N–H and O–H groups in total. The molecule has 29 heavy (non-hydrogen) atoms. The Hall–Kier alpha value is -2.10. The predicted molar refractivity (Wildman–Crippen MR) is 116 cm³/mol. The lowest BCUT2D eigenvalue weighted by Crippen LogP contribution is -2.16. The van der Waals surface area contributed by atoms with E-state index in [2.05, 4.69) is 31.6 Å². The molecule has 0 saturated heterocycles. The van der Waals surface area contributed by atoms with E-state index in [4.69, 9.17) is 33.3 Å². The van der Waals surface area contributed by atoms with Crippen LogP contribution in [0.3, 0.4) is 0 Å². The summed E-state index contributed by atoms with van der Waals surface area (Å²) in [5.74, 6) is 1.48. The second-order valence-electron chi connectivity index (χ2n) is 6.11. The van der Waals surface area contributed by atoms with Crippen LogP contribution in [0.5, 0.6) is 11.5 Å². The van der Waals surface area contributed by atoms with Crippen molar-refractivity contribution >= 4 is 39.7 Å². The highest BCUT2D eigenvalue weighted by atomic mass is 79.9. The molecule has 0 aliphatic carbocycles. The summed E-state index contributed by atoms with van der Waals surface area (Å²) in [5, 5.41) is 7.11. The van der Waals surface area contributed by atoms with Crippen molar-refractivity contribution in [2.75, 3.05) is 12.0 Å². The van der Waals surface area contributed by atoms with Gasteiger partial charge in [-0.3, -0.25) is 5.10 Å². The van der Waals surface area contributed by atoms with Crippen molar-refractivity contribution in [1.29, 1.82) is 0 Å². The molecule has 2 aromatic carbocycles. The first-order valence-electron chi connectivity index (χ1n) is 8.79.